The first-order valence-corrected chi connectivity index (χ1v) is 20.8. The molecule has 4 aromatic rings. The summed E-state index contributed by atoms with van der Waals surface area (Å²) in [4.78, 5) is 66.8. The molecule has 0 aromatic heterocycles. The van der Waals surface area contributed by atoms with Crippen LogP contribution < -0.4 is 21.3 Å². The van der Waals surface area contributed by atoms with Gasteiger partial charge in [0.05, 0.1) is 6.61 Å². The van der Waals surface area contributed by atoms with Gasteiger partial charge in [0.15, 0.2) is 0 Å². The summed E-state index contributed by atoms with van der Waals surface area (Å²) in [7, 11) is 0. The van der Waals surface area contributed by atoms with Gasteiger partial charge in [0.25, 0.3) is 0 Å². The maximum Gasteiger partial charge on any atom is 0.408 e. The zero-order chi connectivity index (χ0) is 41.8. The smallest absolute Gasteiger partial charge is 0.408 e. The Bertz CT molecular complexity index is 1830. The molecule has 0 aliphatic carbocycles. The van der Waals surface area contributed by atoms with E-state index >= 15 is 0 Å². The van der Waals surface area contributed by atoms with Crippen molar-refractivity contribution in [1.82, 2.24) is 21.3 Å². The second kappa shape index (κ2) is 23.4. The number of thioether (sulfide) groups is 1. The maximum atomic E-state index is 14.1. The Morgan fingerprint density at radius 1 is 0.690 bits per heavy atom. The first kappa shape index (κ1) is 44.8. The quantitative estimate of drug-likeness (QED) is 0.0415. The number of rotatable bonds is 21. The first-order valence-electron chi connectivity index (χ1n) is 19.4. The Morgan fingerprint density at radius 3 is 1.71 bits per heavy atom. The summed E-state index contributed by atoms with van der Waals surface area (Å²) in [6, 6.07) is 35.6. The van der Waals surface area contributed by atoms with Crippen LogP contribution in [0.25, 0.3) is 0 Å². The monoisotopic (exact) mass is 806 g/mol. The van der Waals surface area contributed by atoms with Gasteiger partial charge >= 0.3 is 12.1 Å². The molecule has 4 amide bonds. The number of amides is 4. The predicted molar refractivity (Wildman–Crippen MR) is 228 cm³/mol. The number of nitrogens with one attached hydrogen (secondary N) is 4. The van der Waals surface area contributed by atoms with Gasteiger partial charge in [-0.05, 0) is 54.2 Å². The summed E-state index contributed by atoms with van der Waals surface area (Å²) >= 11 is 1.35. The first-order chi connectivity index (χ1) is 28.0. The minimum Gasteiger partial charge on any atom is -0.463 e. The highest BCUT2D eigenvalue weighted by atomic mass is 32.2. The van der Waals surface area contributed by atoms with Crippen molar-refractivity contribution in [3.05, 3.63) is 156 Å². The van der Waals surface area contributed by atoms with Crippen molar-refractivity contribution in [3.63, 3.8) is 0 Å². The van der Waals surface area contributed by atoms with Crippen molar-refractivity contribution in [2.45, 2.75) is 70.3 Å². The van der Waals surface area contributed by atoms with Gasteiger partial charge in [-0.25, -0.2) is 9.59 Å². The summed E-state index contributed by atoms with van der Waals surface area (Å²) in [6.07, 6.45) is 4.15. The average molecular weight is 807 g/mol. The SMILES string of the molecule is CCOC(=O)/C=C/[C@H](CCC(=O)NC(c1ccccc1)(c1ccccc1)c1ccccc1)NC(=O)[C@H](CSC)NC(=O)[C@H](CC(C)C)NC(=O)OCc1ccccc1. The molecule has 0 bridgehead atoms. The molecule has 0 fully saturated rings. The summed E-state index contributed by atoms with van der Waals surface area (Å²) in [5.41, 5.74) is 2.34. The van der Waals surface area contributed by atoms with Crippen LogP contribution in [-0.4, -0.2) is 66.5 Å². The molecule has 0 aliphatic heterocycles. The van der Waals surface area contributed by atoms with Crippen molar-refractivity contribution < 1.29 is 33.4 Å². The number of benzene rings is 4. The molecule has 3 atom stereocenters. The third-order valence-corrected chi connectivity index (χ3v) is 9.87. The molecule has 0 saturated carbocycles. The van der Waals surface area contributed by atoms with Crippen LogP contribution in [-0.2, 0) is 40.8 Å². The molecule has 0 unspecified atom stereocenters. The number of hydrogen-bond acceptors (Lipinski definition) is 8. The van der Waals surface area contributed by atoms with Gasteiger partial charge in [0.2, 0.25) is 17.7 Å². The van der Waals surface area contributed by atoms with Crippen LogP contribution in [0.15, 0.2) is 133 Å². The van der Waals surface area contributed by atoms with Crippen molar-refractivity contribution in [2.75, 3.05) is 18.6 Å². The van der Waals surface area contributed by atoms with Gasteiger partial charge in [0.1, 0.15) is 24.2 Å². The zero-order valence-electron chi connectivity index (χ0n) is 33.5. The Hall–Kier alpha value is -5.88. The highest BCUT2D eigenvalue weighted by molar-refractivity contribution is 7.98. The lowest BCUT2D eigenvalue weighted by Crippen LogP contribution is -2.56. The molecule has 0 saturated heterocycles. The van der Waals surface area contributed by atoms with Crippen LogP contribution in [0.3, 0.4) is 0 Å². The highest BCUT2D eigenvalue weighted by Gasteiger charge is 2.38. The van der Waals surface area contributed by atoms with Crippen LogP contribution in [0.2, 0.25) is 0 Å². The molecule has 306 valence electrons. The predicted octanol–water partition coefficient (Wildman–Crippen LogP) is 6.67. The van der Waals surface area contributed by atoms with E-state index in [0.717, 1.165) is 22.3 Å². The molecule has 4 N–H and O–H groups in total. The van der Waals surface area contributed by atoms with E-state index in [2.05, 4.69) is 21.3 Å². The van der Waals surface area contributed by atoms with E-state index in [4.69, 9.17) is 9.47 Å². The number of esters is 1. The van der Waals surface area contributed by atoms with E-state index in [-0.39, 0.29) is 43.6 Å². The van der Waals surface area contributed by atoms with Gasteiger partial charge in [0, 0.05) is 24.3 Å². The second-order valence-corrected chi connectivity index (χ2v) is 15.0. The van der Waals surface area contributed by atoms with Gasteiger partial charge in [-0.2, -0.15) is 11.8 Å². The lowest BCUT2D eigenvalue weighted by atomic mass is 9.77. The number of ether oxygens (including phenoxy) is 2. The van der Waals surface area contributed by atoms with Crippen molar-refractivity contribution in [2.24, 2.45) is 5.92 Å². The van der Waals surface area contributed by atoms with Gasteiger partial charge in [-0.15, -0.1) is 0 Å². The summed E-state index contributed by atoms with van der Waals surface area (Å²) in [6.45, 7) is 5.72. The Morgan fingerprint density at radius 2 is 1.21 bits per heavy atom. The fourth-order valence-corrected chi connectivity index (χ4v) is 7.02. The lowest BCUT2D eigenvalue weighted by molar-refractivity contribution is -0.137. The largest absolute Gasteiger partial charge is 0.463 e. The number of carbonyl (C=O) groups is 5. The maximum absolute atomic E-state index is 14.1. The van der Waals surface area contributed by atoms with Crippen LogP contribution in [0, 0.1) is 5.92 Å². The van der Waals surface area contributed by atoms with Crippen molar-refractivity contribution in [1.29, 1.82) is 0 Å². The molecule has 0 heterocycles. The Labute approximate surface area is 345 Å². The van der Waals surface area contributed by atoms with Crippen LogP contribution in [0.4, 0.5) is 4.79 Å². The average Bonchev–Trinajstić information content (AvgIpc) is 3.23. The topological polar surface area (TPSA) is 152 Å². The molecule has 11 nitrogen and oxygen atoms in total. The molecule has 0 spiro atoms. The summed E-state index contributed by atoms with van der Waals surface area (Å²) in [5, 5.41) is 11.7. The van der Waals surface area contributed by atoms with E-state index in [9.17, 15) is 24.0 Å². The van der Waals surface area contributed by atoms with E-state index in [1.165, 1.54) is 23.9 Å². The minimum atomic E-state index is -1.04. The molecule has 4 rings (SSSR count). The molecular weight excluding hydrogens is 753 g/mol. The normalized spacial score (nSPS) is 12.8. The zero-order valence-corrected chi connectivity index (χ0v) is 34.3. The van der Waals surface area contributed by atoms with Gasteiger partial charge in [-0.3, -0.25) is 14.4 Å². The molecule has 4 aromatic carbocycles. The van der Waals surface area contributed by atoms with E-state index in [1.807, 2.05) is 135 Å². The van der Waals surface area contributed by atoms with Crippen LogP contribution in [0.5, 0.6) is 0 Å². The number of carbonyl (C=O) groups excluding carboxylic acids is 5. The molecule has 0 aliphatic rings. The third kappa shape index (κ3) is 13.7. The molecule has 58 heavy (non-hydrogen) atoms. The fraction of sp³-hybridized carbons (Fsp3) is 0.326. The standard InChI is InChI=1S/C46H54N4O7S/c1-5-56-42(52)29-27-38(26-28-41(51)50-46(35-20-12-7-13-21-35,36-22-14-8-15-23-36)37-24-16-9-17-25-37)47-44(54)40(32-58-4)48-43(53)39(30-33(2)3)49-45(55)57-31-34-18-10-6-11-19-34/h6-25,27,29,33,38-40H,5,26,28,30-32H2,1-4H3,(H,47,54)(H,48,53)(H,49,55)(H,50,51)/b29-27+/t38-,39-,40-/m0/s1. The summed E-state index contributed by atoms with van der Waals surface area (Å²) < 4.78 is 10.5. The van der Waals surface area contributed by atoms with E-state index in [1.54, 1.807) is 13.2 Å². The highest BCUT2D eigenvalue weighted by Crippen LogP contribution is 2.37. The second-order valence-electron chi connectivity index (χ2n) is 14.1. The minimum absolute atomic E-state index is 0.0304. The van der Waals surface area contributed by atoms with Gasteiger partial charge in [-0.1, -0.05) is 141 Å². The van der Waals surface area contributed by atoms with Crippen molar-refractivity contribution in [3.8, 4) is 0 Å². The summed E-state index contributed by atoms with van der Waals surface area (Å²) in [5.74, 6) is -1.71. The fourth-order valence-electron chi connectivity index (χ4n) is 6.46. The van der Waals surface area contributed by atoms with Crippen LogP contribution in [0.1, 0.15) is 62.3 Å². The Balaban J connectivity index is 1.52. The van der Waals surface area contributed by atoms with Gasteiger partial charge < -0.3 is 30.7 Å². The van der Waals surface area contributed by atoms with Crippen LogP contribution >= 0.6 is 11.8 Å². The number of hydrogen-bond donors (Lipinski definition) is 4. The van der Waals surface area contributed by atoms with E-state index in [0.29, 0.717) is 6.42 Å². The molecule has 0 radical (unpaired) electrons. The Kier molecular flexibility index (Phi) is 18.1. The van der Waals surface area contributed by atoms with Crippen molar-refractivity contribution >= 4 is 41.5 Å². The van der Waals surface area contributed by atoms with E-state index < -0.39 is 47.5 Å². The number of alkyl carbamates (subject to hydrolysis) is 1. The molecule has 12 heteroatoms. The molecular formula is C46H54N4O7S. The third-order valence-electron chi connectivity index (χ3n) is 9.20. The lowest BCUT2D eigenvalue weighted by Gasteiger charge is -2.37.